The number of fused-ring (bicyclic) bond motifs is 3. The van der Waals surface area contributed by atoms with Crippen LogP contribution < -0.4 is 14.8 Å². The summed E-state index contributed by atoms with van der Waals surface area (Å²) in [6, 6.07) is 17.5. The van der Waals surface area contributed by atoms with Crippen LogP contribution in [0.4, 0.5) is 16.0 Å². The van der Waals surface area contributed by atoms with Crippen molar-refractivity contribution in [2.75, 3.05) is 19.5 Å². The van der Waals surface area contributed by atoms with E-state index in [1.165, 1.54) is 6.07 Å². The van der Waals surface area contributed by atoms with Gasteiger partial charge in [0.1, 0.15) is 5.82 Å². The van der Waals surface area contributed by atoms with Crippen molar-refractivity contribution >= 4 is 17.3 Å². The zero-order valence-electron chi connectivity index (χ0n) is 19.2. The molecule has 4 aromatic rings. The lowest BCUT2D eigenvalue weighted by Gasteiger charge is -2.14. The highest BCUT2D eigenvalue weighted by Crippen LogP contribution is 2.34. The first-order valence-corrected chi connectivity index (χ1v) is 11.0. The Hall–Kier alpha value is -4.30. The van der Waals surface area contributed by atoms with Crippen LogP contribution in [0.1, 0.15) is 22.3 Å². The Labute approximate surface area is 201 Å². The highest BCUT2D eigenvalue weighted by molar-refractivity contribution is 6.17. The molecule has 3 aromatic carbocycles. The van der Waals surface area contributed by atoms with Gasteiger partial charge in [0.25, 0.3) is 0 Å². The third kappa shape index (κ3) is 4.31. The van der Waals surface area contributed by atoms with E-state index in [0.29, 0.717) is 41.0 Å². The van der Waals surface area contributed by atoms with Crippen LogP contribution in [0.3, 0.4) is 0 Å². The fourth-order valence-corrected chi connectivity index (χ4v) is 4.08. The molecule has 0 radical (unpaired) electrons. The van der Waals surface area contributed by atoms with Crippen LogP contribution in [0.25, 0.3) is 11.3 Å². The van der Waals surface area contributed by atoms with E-state index in [9.17, 15) is 9.50 Å². The Morgan fingerprint density at radius 2 is 1.77 bits per heavy atom. The molecule has 8 heteroatoms. The molecule has 0 amide bonds. The van der Waals surface area contributed by atoms with Gasteiger partial charge in [-0.1, -0.05) is 24.3 Å². The van der Waals surface area contributed by atoms with E-state index in [4.69, 9.17) is 19.5 Å². The van der Waals surface area contributed by atoms with E-state index < -0.39 is 0 Å². The second-order valence-corrected chi connectivity index (χ2v) is 7.94. The van der Waals surface area contributed by atoms with Gasteiger partial charge in [-0.05, 0) is 35.9 Å². The van der Waals surface area contributed by atoms with Crippen molar-refractivity contribution in [3.8, 4) is 22.8 Å². The highest BCUT2D eigenvalue weighted by Gasteiger charge is 2.23. The summed E-state index contributed by atoms with van der Waals surface area (Å²) in [6.07, 6.45) is 1.72. The summed E-state index contributed by atoms with van der Waals surface area (Å²) in [6.45, 7) is 0.162. The van der Waals surface area contributed by atoms with Gasteiger partial charge < -0.3 is 19.9 Å². The molecule has 1 aromatic heterocycles. The van der Waals surface area contributed by atoms with Crippen LogP contribution in [0, 0.1) is 5.82 Å². The first-order valence-electron chi connectivity index (χ1n) is 11.0. The van der Waals surface area contributed by atoms with Crippen LogP contribution in [-0.2, 0) is 13.2 Å². The van der Waals surface area contributed by atoms with Crippen LogP contribution in [0.15, 0.2) is 71.9 Å². The van der Waals surface area contributed by atoms with E-state index in [-0.39, 0.29) is 12.4 Å². The molecule has 1 aliphatic heterocycles. The average Bonchev–Trinajstić information content (AvgIpc) is 3.05. The van der Waals surface area contributed by atoms with Crippen LogP contribution in [0.2, 0.25) is 0 Å². The molecule has 0 saturated carbocycles. The van der Waals surface area contributed by atoms with Crippen molar-refractivity contribution in [2.45, 2.75) is 13.2 Å². The molecular formula is C27H23FN4O3. The van der Waals surface area contributed by atoms with E-state index in [1.807, 2.05) is 24.3 Å². The molecule has 2 N–H and O–H groups in total. The minimum Gasteiger partial charge on any atom is -0.493 e. The van der Waals surface area contributed by atoms with Gasteiger partial charge in [0.15, 0.2) is 11.5 Å². The van der Waals surface area contributed by atoms with Gasteiger partial charge in [0, 0.05) is 40.2 Å². The lowest BCUT2D eigenvalue weighted by molar-refractivity contribution is 0.282. The number of rotatable bonds is 6. The highest BCUT2D eigenvalue weighted by atomic mass is 19.1. The minimum atomic E-state index is -0.351. The number of methoxy groups -OCH3 is 2. The summed E-state index contributed by atoms with van der Waals surface area (Å²) >= 11 is 0. The van der Waals surface area contributed by atoms with Crippen LogP contribution in [0.5, 0.6) is 11.5 Å². The zero-order chi connectivity index (χ0) is 24.4. The number of aliphatic hydroxyl groups excluding tert-OH is 1. The van der Waals surface area contributed by atoms with Crippen molar-refractivity contribution in [2.24, 2.45) is 4.99 Å². The third-order valence-electron chi connectivity index (χ3n) is 5.82. The van der Waals surface area contributed by atoms with Crippen molar-refractivity contribution in [1.82, 2.24) is 9.97 Å². The second-order valence-electron chi connectivity index (χ2n) is 7.94. The maximum absolute atomic E-state index is 14.7. The Morgan fingerprint density at radius 1 is 0.943 bits per heavy atom. The number of aliphatic imine (C=N–C) groups is 1. The number of hydrogen-bond donors (Lipinski definition) is 2. The predicted octanol–water partition coefficient (Wildman–Crippen LogP) is 4.89. The molecule has 5 rings (SSSR count). The van der Waals surface area contributed by atoms with Crippen molar-refractivity contribution in [3.63, 3.8) is 0 Å². The minimum absolute atomic E-state index is 0.128. The zero-order valence-corrected chi connectivity index (χ0v) is 19.2. The Morgan fingerprint density at radius 3 is 2.54 bits per heavy atom. The molecule has 0 bridgehead atoms. The molecule has 0 unspecified atom stereocenters. The smallest absolute Gasteiger partial charge is 0.227 e. The lowest BCUT2D eigenvalue weighted by Crippen LogP contribution is -2.08. The van der Waals surface area contributed by atoms with Gasteiger partial charge in [0.05, 0.1) is 38.8 Å². The standard InChI is InChI=1S/C27H23FN4O3/c1-34-23-10-8-18(12-24(23)35-2)31-27-30-14-17-13-29-26(20-5-3-4-6-22(20)28)19-9-7-16(15-33)11-21(19)25(17)32-27/h3-12,14,33H,13,15H2,1-2H3,(H,30,31,32). The lowest BCUT2D eigenvalue weighted by atomic mass is 9.93. The number of hydrogen-bond acceptors (Lipinski definition) is 7. The molecule has 0 aliphatic carbocycles. The number of nitrogens with one attached hydrogen (secondary N) is 1. The first-order chi connectivity index (χ1) is 17.1. The van der Waals surface area contributed by atoms with Gasteiger partial charge >= 0.3 is 0 Å². The summed E-state index contributed by atoms with van der Waals surface area (Å²) < 4.78 is 25.4. The summed E-state index contributed by atoms with van der Waals surface area (Å²) in [5, 5.41) is 13.0. The Balaban J connectivity index is 1.60. The fourth-order valence-electron chi connectivity index (χ4n) is 4.08. The van der Waals surface area contributed by atoms with Crippen molar-refractivity contribution in [1.29, 1.82) is 0 Å². The number of anilines is 2. The maximum atomic E-state index is 14.7. The largest absolute Gasteiger partial charge is 0.493 e. The number of aliphatic hydroxyl groups is 1. The average molecular weight is 471 g/mol. The fraction of sp³-hybridized carbons (Fsp3) is 0.148. The molecule has 0 fully saturated rings. The second kappa shape index (κ2) is 9.52. The summed E-state index contributed by atoms with van der Waals surface area (Å²) in [4.78, 5) is 14.0. The molecule has 0 spiro atoms. The maximum Gasteiger partial charge on any atom is 0.227 e. The van der Waals surface area contributed by atoms with Crippen molar-refractivity contribution in [3.05, 3.63) is 94.9 Å². The van der Waals surface area contributed by atoms with E-state index in [0.717, 1.165) is 27.9 Å². The molecule has 0 saturated heterocycles. The number of benzene rings is 3. The summed E-state index contributed by atoms with van der Waals surface area (Å²) in [7, 11) is 3.15. The van der Waals surface area contributed by atoms with Gasteiger partial charge in [-0.3, -0.25) is 4.99 Å². The SMILES string of the molecule is COc1ccc(Nc2ncc3c(n2)-c2cc(CO)ccc2C(c2ccccc2F)=NC3)cc1OC. The van der Waals surface area contributed by atoms with Crippen LogP contribution in [-0.4, -0.2) is 35.0 Å². The number of nitrogens with zero attached hydrogens (tertiary/aromatic N) is 3. The topological polar surface area (TPSA) is 88.9 Å². The van der Waals surface area contributed by atoms with Gasteiger partial charge in [-0.15, -0.1) is 0 Å². The Kier molecular flexibility index (Phi) is 6.12. The van der Waals surface area contributed by atoms with E-state index in [1.54, 1.807) is 50.7 Å². The molecule has 35 heavy (non-hydrogen) atoms. The monoisotopic (exact) mass is 470 g/mol. The molecule has 7 nitrogen and oxygen atoms in total. The first kappa shape index (κ1) is 22.5. The summed E-state index contributed by atoms with van der Waals surface area (Å²) in [5.41, 5.74) is 5.35. The van der Waals surface area contributed by atoms with Gasteiger partial charge in [0.2, 0.25) is 5.95 Å². The van der Waals surface area contributed by atoms with Gasteiger partial charge in [-0.25, -0.2) is 14.4 Å². The molecule has 176 valence electrons. The van der Waals surface area contributed by atoms with Crippen LogP contribution >= 0.6 is 0 Å². The molecule has 2 heterocycles. The van der Waals surface area contributed by atoms with E-state index >= 15 is 0 Å². The third-order valence-corrected chi connectivity index (χ3v) is 5.82. The van der Waals surface area contributed by atoms with Gasteiger partial charge in [-0.2, -0.15) is 0 Å². The molecule has 1 aliphatic rings. The normalized spacial score (nSPS) is 12.2. The molecular weight excluding hydrogens is 447 g/mol. The molecule has 0 atom stereocenters. The number of aromatic nitrogens is 2. The predicted molar refractivity (Wildman–Crippen MR) is 132 cm³/mol. The summed E-state index contributed by atoms with van der Waals surface area (Å²) in [5.74, 6) is 1.22. The number of halogens is 1. The van der Waals surface area contributed by atoms with Crippen molar-refractivity contribution < 1.29 is 19.0 Å². The van der Waals surface area contributed by atoms with E-state index in [2.05, 4.69) is 10.3 Å². The Bertz CT molecular complexity index is 1440. The number of ether oxygens (including phenoxy) is 2. The quantitative estimate of drug-likeness (QED) is 0.417.